The Hall–Kier alpha value is -4.20. The Balaban J connectivity index is 1.15. The summed E-state index contributed by atoms with van der Waals surface area (Å²) in [7, 11) is 0. The minimum absolute atomic E-state index is 0.0719. The van der Waals surface area contributed by atoms with Crippen LogP contribution in [0.25, 0.3) is 0 Å². The third-order valence-corrected chi connectivity index (χ3v) is 6.72. The predicted octanol–water partition coefficient (Wildman–Crippen LogP) is 3.78. The van der Waals surface area contributed by atoms with Gasteiger partial charge in [-0.15, -0.1) is 0 Å². The van der Waals surface area contributed by atoms with E-state index in [2.05, 4.69) is 5.32 Å². The second-order valence-electron chi connectivity index (χ2n) is 9.04. The number of amides is 3. The van der Waals surface area contributed by atoms with Crippen molar-refractivity contribution in [3.63, 3.8) is 0 Å². The molecule has 0 aromatic heterocycles. The molecule has 3 amide bonds. The average Bonchev–Trinajstić information content (AvgIpc) is 3.31. The molecule has 1 atom stereocenters. The molecular formula is C28H27FN4O3. The number of halogens is 1. The first-order valence-corrected chi connectivity index (χ1v) is 12.0. The van der Waals surface area contributed by atoms with Crippen molar-refractivity contribution in [3.8, 4) is 0 Å². The Labute approximate surface area is 209 Å². The highest BCUT2D eigenvalue weighted by molar-refractivity contribution is 6.03. The largest absolute Gasteiger partial charge is 0.366 e. The SMILES string of the molecule is O=C(Nc1ccc(C(=O)N2CCN(c3ccccc3F)CC2)cc1)C1CC(=O)N(c2ccccc2)C1. The molecule has 8 heteroatoms. The Morgan fingerprint density at radius 1 is 0.833 bits per heavy atom. The maximum Gasteiger partial charge on any atom is 0.253 e. The van der Waals surface area contributed by atoms with Gasteiger partial charge in [0.15, 0.2) is 0 Å². The van der Waals surface area contributed by atoms with Crippen LogP contribution in [0.1, 0.15) is 16.8 Å². The molecule has 2 heterocycles. The highest BCUT2D eigenvalue weighted by Gasteiger charge is 2.35. The Morgan fingerprint density at radius 2 is 1.50 bits per heavy atom. The lowest BCUT2D eigenvalue weighted by molar-refractivity contribution is -0.122. The number of rotatable bonds is 5. The van der Waals surface area contributed by atoms with Crippen LogP contribution in [0.5, 0.6) is 0 Å². The smallest absolute Gasteiger partial charge is 0.253 e. The summed E-state index contributed by atoms with van der Waals surface area (Å²) in [6, 6.07) is 22.8. The number of carbonyl (C=O) groups excluding carboxylic acids is 3. The maximum absolute atomic E-state index is 14.1. The third kappa shape index (κ3) is 4.93. The summed E-state index contributed by atoms with van der Waals surface area (Å²) in [6.45, 7) is 2.45. The summed E-state index contributed by atoms with van der Waals surface area (Å²) in [5.74, 6) is -1.09. The van der Waals surface area contributed by atoms with Gasteiger partial charge < -0.3 is 20.0 Å². The number of benzene rings is 3. The number of carbonyl (C=O) groups is 3. The molecule has 2 aliphatic heterocycles. The third-order valence-electron chi connectivity index (χ3n) is 6.72. The van der Waals surface area contributed by atoms with E-state index in [4.69, 9.17) is 0 Å². The van der Waals surface area contributed by atoms with E-state index in [0.29, 0.717) is 49.7 Å². The zero-order chi connectivity index (χ0) is 25.1. The lowest BCUT2D eigenvalue weighted by atomic mass is 10.1. The number of nitrogens with zero attached hydrogens (tertiary/aromatic N) is 3. The van der Waals surface area contributed by atoms with Crippen LogP contribution in [0.3, 0.4) is 0 Å². The fourth-order valence-electron chi connectivity index (χ4n) is 4.72. The normalized spacial score (nSPS) is 17.9. The molecule has 184 valence electrons. The number of anilines is 3. The zero-order valence-corrected chi connectivity index (χ0v) is 19.8. The molecular weight excluding hydrogens is 459 g/mol. The van der Waals surface area contributed by atoms with Crippen LogP contribution in [0.15, 0.2) is 78.9 Å². The van der Waals surface area contributed by atoms with Crippen molar-refractivity contribution in [2.24, 2.45) is 5.92 Å². The standard InChI is InChI=1S/C28H27FN4O3/c29-24-8-4-5-9-25(24)31-14-16-32(17-15-31)28(36)20-10-12-22(13-11-20)30-27(35)21-18-26(34)33(19-21)23-6-2-1-3-7-23/h1-13,21H,14-19H2,(H,30,35). The minimum Gasteiger partial charge on any atom is -0.366 e. The van der Waals surface area contributed by atoms with Gasteiger partial charge >= 0.3 is 0 Å². The molecule has 36 heavy (non-hydrogen) atoms. The number of nitrogens with one attached hydrogen (secondary N) is 1. The highest BCUT2D eigenvalue weighted by atomic mass is 19.1. The first kappa shape index (κ1) is 23.5. The fourth-order valence-corrected chi connectivity index (χ4v) is 4.72. The molecule has 3 aromatic rings. The molecule has 3 aromatic carbocycles. The van der Waals surface area contributed by atoms with E-state index in [1.165, 1.54) is 6.07 Å². The van der Waals surface area contributed by atoms with Gasteiger partial charge in [-0.2, -0.15) is 0 Å². The van der Waals surface area contributed by atoms with Gasteiger partial charge in [-0.1, -0.05) is 30.3 Å². The lowest BCUT2D eigenvalue weighted by Gasteiger charge is -2.36. The second kappa shape index (κ2) is 10.2. The van der Waals surface area contributed by atoms with E-state index in [1.807, 2.05) is 35.2 Å². The first-order chi connectivity index (χ1) is 17.5. The van der Waals surface area contributed by atoms with Gasteiger partial charge in [0, 0.05) is 56.1 Å². The molecule has 2 aliphatic rings. The summed E-state index contributed by atoms with van der Waals surface area (Å²) >= 11 is 0. The van der Waals surface area contributed by atoms with E-state index in [1.54, 1.807) is 52.3 Å². The van der Waals surface area contributed by atoms with Crippen LogP contribution in [0, 0.1) is 11.7 Å². The molecule has 0 bridgehead atoms. The Bertz CT molecular complexity index is 1260. The molecule has 0 aliphatic carbocycles. The van der Waals surface area contributed by atoms with Crippen LogP contribution in [0.2, 0.25) is 0 Å². The van der Waals surface area contributed by atoms with Gasteiger partial charge in [0.25, 0.3) is 5.91 Å². The van der Waals surface area contributed by atoms with Gasteiger partial charge in [-0.05, 0) is 48.5 Å². The number of hydrogen-bond acceptors (Lipinski definition) is 4. The molecule has 0 spiro atoms. The van der Waals surface area contributed by atoms with Crippen molar-refractivity contribution >= 4 is 34.8 Å². The first-order valence-electron chi connectivity index (χ1n) is 12.0. The van der Waals surface area contributed by atoms with Crippen molar-refractivity contribution in [1.82, 2.24) is 4.90 Å². The van der Waals surface area contributed by atoms with Crippen LogP contribution in [-0.4, -0.2) is 55.3 Å². The highest BCUT2D eigenvalue weighted by Crippen LogP contribution is 2.26. The maximum atomic E-state index is 14.1. The lowest BCUT2D eigenvalue weighted by Crippen LogP contribution is -2.49. The summed E-state index contributed by atoms with van der Waals surface area (Å²) in [6.07, 6.45) is 0.163. The van der Waals surface area contributed by atoms with Crippen LogP contribution in [-0.2, 0) is 9.59 Å². The number of piperazine rings is 1. The quantitative estimate of drug-likeness (QED) is 0.596. The molecule has 0 saturated carbocycles. The van der Waals surface area contributed by atoms with E-state index in [0.717, 1.165) is 5.69 Å². The Morgan fingerprint density at radius 3 is 2.19 bits per heavy atom. The van der Waals surface area contributed by atoms with E-state index < -0.39 is 5.92 Å². The average molecular weight is 487 g/mol. The fraction of sp³-hybridized carbons (Fsp3) is 0.250. The van der Waals surface area contributed by atoms with E-state index in [9.17, 15) is 18.8 Å². The van der Waals surface area contributed by atoms with Crippen molar-refractivity contribution in [3.05, 3.63) is 90.2 Å². The predicted molar refractivity (Wildman–Crippen MR) is 136 cm³/mol. The number of para-hydroxylation sites is 2. The molecule has 5 rings (SSSR count). The number of hydrogen-bond donors (Lipinski definition) is 1. The van der Waals surface area contributed by atoms with Crippen LogP contribution in [0.4, 0.5) is 21.5 Å². The van der Waals surface area contributed by atoms with Gasteiger partial charge in [0.1, 0.15) is 5.82 Å². The molecule has 2 fully saturated rings. The van der Waals surface area contributed by atoms with Gasteiger partial charge in [-0.25, -0.2) is 4.39 Å². The van der Waals surface area contributed by atoms with Crippen LogP contribution >= 0.6 is 0 Å². The van der Waals surface area contributed by atoms with E-state index in [-0.39, 0.29) is 30.0 Å². The van der Waals surface area contributed by atoms with Crippen molar-refractivity contribution in [2.45, 2.75) is 6.42 Å². The second-order valence-corrected chi connectivity index (χ2v) is 9.04. The van der Waals surface area contributed by atoms with Crippen LogP contribution < -0.4 is 15.1 Å². The minimum atomic E-state index is -0.440. The molecule has 7 nitrogen and oxygen atoms in total. The molecule has 0 radical (unpaired) electrons. The van der Waals surface area contributed by atoms with Crippen molar-refractivity contribution in [1.29, 1.82) is 0 Å². The summed E-state index contributed by atoms with van der Waals surface area (Å²) in [5, 5.41) is 2.87. The monoisotopic (exact) mass is 486 g/mol. The molecule has 1 unspecified atom stereocenters. The summed E-state index contributed by atoms with van der Waals surface area (Å²) in [4.78, 5) is 43.5. The van der Waals surface area contributed by atoms with Gasteiger partial charge in [0.05, 0.1) is 11.6 Å². The summed E-state index contributed by atoms with van der Waals surface area (Å²) < 4.78 is 14.1. The molecule has 2 saturated heterocycles. The van der Waals surface area contributed by atoms with Gasteiger partial charge in [-0.3, -0.25) is 14.4 Å². The summed E-state index contributed by atoms with van der Waals surface area (Å²) in [5.41, 5.74) is 2.45. The van der Waals surface area contributed by atoms with Gasteiger partial charge in [0.2, 0.25) is 11.8 Å². The topological polar surface area (TPSA) is 73.0 Å². The zero-order valence-electron chi connectivity index (χ0n) is 19.8. The van der Waals surface area contributed by atoms with Crippen molar-refractivity contribution < 1.29 is 18.8 Å². The Kier molecular flexibility index (Phi) is 6.66. The molecule has 1 N–H and O–H groups in total. The van der Waals surface area contributed by atoms with E-state index >= 15 is 0 Å². The van der Waals surface area contributed by atoms with Crippen molar-refractivity contribution in [2.75, 3.05) is 47.8 Å².